The van der Waals surface area contributed by atoms with E-state index in [0.29, 0.717) is 13.0 Å². The van der Waals surface area contributed by atoms with Gasteiger partial charge in [0.05, 0.1) is 6.61 Å². The third-order valence-electron chi connectivity index (χ3n) is 1.20. The predicted octanol–water partition coefficient (Wildman–Crippen LogP) is 0.891. The van der Waals surface area contributed by atoms with Crippen LogP contribution in [0.1, 0.15) is 27.2 Å². The maximum absolute atomic E-state index is 10.4. The molecule has 0 amide bonds. The lowest BCUT2D eigenvalue weighted by Crippen LogP contribution is -2.15. The van der Waals surface area contributed by atoms with E-state index in [0.717, 1.165) is 0 Å². The number of hydrogen-bond donors (Lipinski definition) is 0. The number of hydrogen-bond acceptors (Lipinski definition) is 4. The lowest BCUT2D eigenvalue weighted by molar-refractivity contribution is -0.147. The van der Waals surface area contributed by atoms with E-state index in [1.165, 1.54) is 13.8 Å². The van der Waals surface area contributed by atoms with Crippen molar-refractivity contribution in [3.8, 4) is 0 Å². The molecule has 0 N–H and O–H groups in total. The van der Waals surface area contributed by atoms with Gasteiger partial charge in [0, 0.05) is 20.3 Å². The van der Waals surface area contributed by atoms with Crippen molar-refractivity contribution < 1.29 is 19.1 Å². The summed E-state index contributed by atoms with van der Waals surface area (Å²) in [5.74, 6) is -0.629. The van der Waals surface area contributed by atoms with Gasteiger partial charge in [-0.15, -0.1) is 0 Å². The van der Waals surface area contributed by atoms with Crippen LogP contribution in [0.4, 0.5) is 0 Å². The summed E-state index contributed by atoms with van der Waals surface area (Å²) >= 11 is 0. The molecule has 12 heavy (non-hydrogen) atoms. The van der Waals surface area contributed by atoms with Crippen molar-refractivity contribution in [3.63, 3.8) is 0 Å². The minimum absolute atomic E-state index is 0.193. The van der Waals surface area contributed by atoms with Crippen LogP contribution in [0.3, 0.4) is 0 Å². The number of ether oxygens (including phenoxy) is 2. The Labute approximate surface area is 71.8 Å². The monoisotopic (exact) mass is 174 g/mol. The number of rotatable bonds is 4. The highest BCUT2D eigenvalue weighted by Gasteiger charge is 2.05. The number of carbonyl (C=O) groups is 2. The van der Waals surface area contributed by atoms with Gasteiger partial charge in [0.2, 0.25) is 0 Å². The molecular weight excluding hydrogens is 160 g/mol. The molecule has 0 saturated carbocycles. The van der Waals surface area contributed by atoms with Gasteiger partial charge in [0.1, 0.15) is 6.10 Å². The first-order chi connectivity index (χ1) is 5.52. The molecule has 0 heterocycles. The van der Waals surface area contributed by atoms with E-state index < -0.39 is 0 Å². The zero-order valence-electron chi connectivity index (χ0n) is 7.62. The molecule has 1 atom stereocenters. The maximum Gasteiger partial charge on any atom is 0.302 e. The van der Waals surface area contributed by atoms with Gasteiger partial charge in [0.25, 0.3) is 0 Å². The van der Waals surface area contributed by atoms with Crippen LogP contribution in [0.5, 0.6) is 0 Å². The molecule has 4 nitrogen and oxygen atoms in total. The fourth-order valence-electron chi connectivity index (χ4n) is 0.711. The highest BCUT2D eigenvalue weighted by molar-refractivity contribution is 5.66. The van der Waals surface area contributed by atoms with Gasteiger partial charge in [-0.2, -0.15) is 0 Å². The Morgan fingerprint density at radius 3 is 2.25 bits per heavy atom. The average molecular weight is 174 g/mol. The minimum atomic E-state index is -0.315. The predicted molar refractivity (Wildman–Crippen MR) is 42.5 cm³/mol. The highest BCUT2D eigenvalue weighted by Crippen LogP contribution is 1.97. The molecule has 0 bridgehead atoms. The van der Waals surface area contributed by atoms with Gasteiger partial charge in [-0.1, -0.05) is 0 Å². The fraction of sp³-hybridized carbons (Fsp3) is 0.750. The second-order valence-electron chi connectivity index (χ2n) is 2.55. The molecule has 0 aliphatic rings. The van der Waals surface area contributed by atoms with Crippen molar-refractivity contribution in [1.29, 1.82) is 0 Å². The summed E-state index contributed by atoms with van der Waals surface area (Å²) < 4.78 is 9.47. The van der Waals surface area contributed by atoms with E-state index in [4.69, 9.17) is 4.74 Å². The van der Waals surface area contributed by atoms with Crippen molar-refractivity contribution in [2.45, 2.75) is 33.3 Å². The Hall–Kier alpha value is -1.06. The van der Waals surface area contributed by atoms with Crippen LogP contribution < -0.4 is 0 Å². The summed E-state index contributed by atoms with van der Waals surface area (Å²) in [5.41, 5.74) is 0. The fourth-order valence-corrected chi connectivity index (χ4v) is 0.711. The largest absolute Gasteiger partial charge is 0.466 e. The molecule has 0 aliphatic carbocycles. The third kappa shape index (κ3) is 7.05. The van der Waals surface area contributed by atoms with Crippen LogP contribution >= 0.6 is 0 Å². The van der Waals surface area contributed by atoms with E-state index in [9.17, 15) is 9.59 Å². The summed E-state index contributed by atoms with van der Waals surface area (Å²) in [6.45, 7) is 4.74. The van der Waals surface area contributed by atoms with E-state index >= 15 is 0 Å². The zero-order chi connectivity index (χ0) is 9.56. The van der Waals surface area contributed by atoms with Crippen molar-refractivity contribution in [1.82, 2.24) is 0 Å². The lowest BCUT2D eigenvalue weighted by atomic mass is 10.3. The normalized spacial score (nSPS) is 11.9. The first-order valence-electron chi connectivity index (χ1n) is 3.83. The van der Waals surface area contributed by atoms with Crippen LogP contribution in [0.2, 0.25) is 0 Å². The molecule has 1 unspecified atom stereocenters. The van der Waals surface area contributed by atoms with Crippen molar-refractivity contribution >= 4 is 11.9 Å². The van der Waals surface area contributed by atoms with Gasteiger partial charge in [0.15, 0.2) is 0 Å². The van der Waals surface area contributed by atoms with Crippen LogP contribution in [0.15, 0.2) is 0 Å². The zero-order valence-corrected chi connectivity index (χ0v) is 7.62. The lowest BCUT2D eigenvalue weighted by Gasteiger charge is -2.10. The van der Waals surface area contributed by atoms with E-state index in [-0.39, 0.29) is 18.0 Å². The van der Waals surface area contributed by atoms with Crippen LogP contribution in [0, 0.1) is 0 Å². The first kappa shape index (κ1) is 10.9. The standard InChI is InChI=1S/C8H14O4/c1-6(12-8(3)10)4-5-11-7(2)9/h6H,4-5H2,1-3H3. The third-order valence-corrected chi connectivity index (χ3v) is 1.20. The van der Waals surface area contributed by atoms with Crippen molar-refractivity contribution in [2.75, 3.05) is 6.61 Å². The highest BCUT2D eigenvalue weighted by atomic mass is 16.6. The smallest absolute Gasteiger partial charge is 0.302 e. The summed E-state index contributed by atoms with van der Waals surface area (Å²) in [4.78, 5) is 20.7. The maximum atomic E-state index is 10.4. The summed E-state index contributed by atoms with van der Waals surface area (Å²) in [6, 6.07) is 0. The van der Waals surface area contributed by atoms with E-state index in [1.54, 1.807) is 6.92 Å². The quantitative estimate of drug-likeness (QED) is 0.594. The first-order valence-corrected chi connectivity index (χ1v) is 3.83. The van der Waals surface area contributed by atoms with Gasteiger partial charge in [-0.3, -0.25) is 9.59 Å². The molecule has 0 radical (unpaired) electrons. The molecule has 0 saturated heterocycles. The molecule has 0 aromatic carbocycles. The summed E-state index contributed by atoms with van der Waals surface area (Å²) in [5, 5.41) is 0. The second kappa shape index (κ2) is 5.57. The van der Waals surface area contributed by atoms with Crippen molar-refractivity contribution in [2.24, 2.45) is 0 Å². The topological polar surface area (TPSA) is 52.6 Å². The summed E-state index contributed by atoms with van der Waals surface area (Å²) in [7, 11) is 0. The molecule has 0 fully saturated rings. The van der Waals surface area contributed by atoms with E-state index in [1.807, 2.05) is 0 Å². The van der Waals surface area contributed by atoms with Crippen LogP contribution in [-0.4, -0.2) is 24.6 Å². The van der Waals surface area contributed by atoms with Crippen molar-refractivity contribution in [3.05, 3.63) is 0 Å². The minimum Gasteiger partial charge on any atom is -0.466 e. The van der Waals surface area contributed by atoms with Gasteiger partial charge in [-0.05, 0) is 6.92 Å². The molecule has 4 heteroatoms. The number of carbonyl (C=O) groups excluding carboxylic acids is 2. The van der Waals surface area contributed by atoms with Crippen LogP contribution in [-0.2, 0) is 19.1 Å². The Bertz CT molecular complexity index is 164. The molecule has 0 spiro atoms. The molecular formula is C8H14O4. The van der Waals surface area contributed by atoms with E-state index in [2.05, 4.69) is 4.74 Å². The van der Waals surface area contributed by atoms with Gasteiger partial charge >= 0.3 is 11.9 Å². The summed E-state index contributed by atoms with van der Waals surface area (Å²) in [6.07, 6.45) is 0.348. The Kier molecular flexibility index (Phi) is 5.08. The molecule has 0 aromatic heterocycles. The van der Waals surface area contributed by atoms with Gasteiger partial charge in [-0.25, -0.2) is 0 Å². The number of esters is 2. The van der Waals surface area contributed by atoms with Gasteiger partial charge < -0.3 is 9.47 Å². The SMILES string of the molecule is CC(=O)OCCC(C)OC(C)=O. The molecule has 0 aliphatic heterocycles. The van der Waals surface area contributed by atoms with Crippen LogP contribution in [0.25, 0.3) is 0 Å². The second-order valence-corrected chi connectivity index (χ2v) is 2.55. The average Bonchev–Trinajstić information content (AvgIpc) is 1.84. The molecule has 0 aromatic rings. The Morgan fingerprint density at radius 2 is 1.83 bits per heavy atom. The Balaban J connectivity index is 3.37. The Morgan fingerprint density at radius 1 is 1.25 bits per heavy atom. The molecule has 70 valence electrons. The molecule has 0 rings (SSSR count).